The van der Waals surface area contributed by atoms with Gasteiger partial charge in [-0.05, 0) is 6.92 Å². The van der Waals surface area contributed by atoms with E-state index < -0.39 is 0 Å². The molecule has 1 atom stereocenters. The number of carbonyl (C=O) groups is 1. The highest BCUT2D eigenvalue weighted by atomic mass is 16.5. The van der Waals surface area contributed by atoms with Crippen molar-refractivity contribution in [3.05, 3.63) is 18.0 Å². The summed E-state index contributed by atoms with van der Waals surface area (Å²) in [6.07, 6.45) is 1.66. The Balaban J connectivity index is 2.21. The van der Waals surface area contributed by atoms with Gasteiger partial charge in [0.1, 0.15) is 5.69 Å². The Morgan fingerprint density at radius 1 is 1.47 bits per heavy atom. The van der Waals surface area contributed by atoms with Crippen LogP contribution in [0.1, 0.15) is 12.6 Å². The molecule has 104 valence electrons. The molecule has 1 amide bonds. The van der Waals surface area contributed by atoms with E-state index in [0.717, 1.165) is 6.54 Å². The molecule has 0 aliphatic carbocycles. The van der Waals surface area contributed by atoms with E-state index in [0.29, 0.717) is 30.3 Å². The number of aromatic nitrogens is 1. The van der Waals surface area contributed by atoms with Crippen LogP contribution in [0.15, 0.2) is 12.3 Å². The number of pyridine rings is 1. The topological polar surface area (TPSA) is 63.7 Å². The Hall–Kier alpha value is -1.82. The van der Waals surface area contributed by atoms with E-state index in [9.17, 15) is 4.79 Å². The Morgan fingerprint density at radius 2 is 2.26 bits per heavy atom. The van der Waals surface area contributed by atoms with E-state index in [1.54, 1.807) is 31.4 Å². The number of amides is 1. The molecule has 1 unspecified atom stereocenters. The molecule has 0 saturated carbocycles. The summed E-state index contributed by atoms with van der Waals surface area (Å²) in [6.45, 7) is 3.76. The number of hydrogen-bond donors (Lipinski definition) is 1. The van der Waals surface area contributed by atoms with Crippen LogP contribution in [-0.2, 0) is 11.3 Å². The summed E-state index contributed by atoms with van der Waals surface area (Å²) in [5, 5.41) is 3.13. The number of hydrogen-bond acceptors (Lipinski definition) is 5. The lowest BCUT2D eigenvalue weighted by Crippen LogP contribution is -2.53. The average Bonchev–Trinajstić information content (AvgIpc) is 2.43. The summed E-state index contributed by atoms with van der Waals surface area (Å²) in [5.74, 6) is 1.30. The first kappa shape index (κ1) is 13.6. The molecule has 6 nitrogen and oxygen atoms in total. The smallest absolute Gasteiger partial charge is 0.239 e. The zero-order chi connectivity index (χ0) is 13.8. The monoisotopic (exact) mass is 265 g/mol. The Kier molecular flexibility index (Phi) is 4.21. The lowest BCUT2D eigenvalue weighted by Gasteiger charge is -2.31. The maximum Gasteiger partial charge on any atom is 0.239 e. The van der Waals surface area contributed by atoms with Gasteiger partial charge in [-0.15, -0.1) is 0 Å². The van der Waals surface area contributed by atoms with Crippen LogP contribution in [0.5, 0.6) is 11.5 Å². The number of carbonyl (C=O) groups excluding carboxylic acids is 1. The second-order valence-electron chi connectivity index (χ2n) is 4.43. The number of methoxy groups -OCH3 is 2. The summed E-state index contributed by atoms with van der Waals surface area (Å²) < 4.78 is 10.6. The Labute approximate surface area is 112 Å². The van der Waals surface area contributed by atoms with Crippen LogP contribution in [-0.4, -0.2) is 49.1 Å². The van der Waals surface area contributed by atoms with Gasteiger partial charge in [0.2, 0.25) is 5.91 Å². The van der Waals surface area contributed by atoms with Crippen molar-refractivity contribution in [3.63, 3.8) is 0 Å². The molecule has 0 radical (unpaired) electrons. The standard InChI is InChI=1S/C13H19N3O3/c1-9-13(17)16(7-6-14-9)8-10-12(19-3)11(18-2)4-5-15-10/h4-5,9,14H,6-8H2,1-3H3. The van der Waals surface area contributed by atoms with E-state index in [2.05, 4.69) is 10.3 Å². The summed E-state index contributed by atoms with van der Waals surface area (Å²) in [5.41, 5.74) is 0.712. The van der Waals surface area contributed by atoms with Gasteiger partial charge in [-0.3, -0.25) is 9.78 Å². The van der Waals surface area contributed by atoms with Gasteiger partial charge >= 0.3 is 0 Å². The van der Waals surface area contributed by atoms with Gasteiger partial charge in [-0.1, -0.05) is 0 Å². The Bertz CT molecular complexity index is 464. The predicted molar refractivity (Wildman–Crippen MR) is 70.2 cm³/mol. The molecule has 1 aromatic rings. The van der Waals surface area contributed by atoms with E-state index in [1.807, 2.05) is 6.92 Å². The van der Waals surface area contributed by atoms with Crippen LogP contribution in [0.4, 0.5) is 0 Å². The van der Waals surface area contributed by atoms with Crippen LogP contribution in [0.3, 0.4) is 0 Å². The van der Waals surface area contributed by atoms with Crippen LogP contribution in [0, 0.1) is 0 Å². The van der Waals surface area contributed by atoms with E-state index in [1.165, 1.54) is 0 Å². The Morgan fingerprint density at radius 3 is 2.95 bits per heavy atom. The van der Waals surface area contributed by atoms with Gasteiger partial charge in [-0.2, -0.15) is 0 Å². The SMILES string of the molecule is COc1ccnc(CN2CCNC(C)C2=O)c1OC. The van der Waals surface area contributed by atoms with Crippen LogP contribution in [0.25, 0.3) is 0 Å². The first-order chi connectivity index (χ1) is 9.17. The molecule has 1 aromatic heterocycles. The quantitative estimate of drug-likeness (QED) is 0.854. The molecule has 0 aromatic carbocycles. The van der Waals surface area contributed by atoms with Gasteiger partial charge in [-0.25, -0.2) is 0 Å². The third-order valence-corrected chi connectivity index (χ3v) is 3.22. The largest absolute Gasteiger partial charge is 0.493 e. The van der Waals surface area contributed by atoms with Crippen molar-refractivity contribution >= 4 is 5.91 Å². The summed E-state index contributed by atoms with van der Waals surface area (Å²) >= 11 is 0. The second-order valence-corrected chi connectivity index (χ2v) is 4.43. The zero-order valence-corrected chi connectivity index (χ0v) is 11.5. The maximum absolute atomic E-state index is 12.0. The average molecular weight is 265 g/mol. The minimum absolute atomic E-state index is 0.0814. The van der Waals surface area contributed by atoms with Crippen molar-refractivity contribution in [3.8, 4) is 11.5 Å². The van der Waals surface area contributed by atoms with E-state index >= 15 is 0 Å². The van der Waals surface area contributed by atoms with E-state index in [-0.39, 0.29) is 11.9 Å². The molecule has 2 heterocycles. The van der Waals surface area contributed by atoms with Crippen LogP contribution >= 0.6 is 0 Å². The predicted octanol–water partition coefficient (Wildman–Crippen LogP) is 0.419. The van der Waals surface area contributed by atoms with Gasteiger partial charge in [0.05, 0.1) is 26.8 Å². The molecule has 6 heteroatoms. The molecule has 0 spiro atoms. The van der Waals surface area contributed by atoms with Gasteiger partial charge < -0.3 is 19.7 Å². The van der Waals surface area contributed by atoms with Crippen molar-refractivity contribution in [2.24, 2.45) is 0 Å². The number of rotatable bonds is 4. The van der Waals surface area contributed by atoms with Gasteiger partial charge in [0.25, 0.3) is 0 Å². The normalized spacial score (nSPS) is 19.4. The lowest BCUT2D eigenvalue weighted by atomic mass is 10.2. The molecule has 1 N–H and O–H groups in total. The zero-order valence-electron chi connectivity index (χ0n) is 11.5. The van der Waals surface area contributed by atoms with Crippen LogP contribution in [0.2, 0.25) is 0 Å². The third-order valence-electron chi connectivity index (χ3n) is 3.22. The van der Waals surface area contributed by atoms with Gasteiger partial charge in [0, 0.05) is 25.4 Å². The first-order valence-corrected chi connectivity index (χ1v) is 6.25. The van der Waals surface area contributed by atoms with Crippen molar-refractivity contribution in [2.75, 3.05) is 27.3 Å². The summed E-state index contributed by atoms with van der Waals surface area (Å²) in [6, 6.07) is 1.59. The molecular weight excluding hydrogens is 246 g/mol. The first-order valence-electron chi connectivity index (χ1n) is 6.25. The fourth-order valence-corrected chi connectivity index (χ4v) is 2.19. The van der Waals surface area contributed by atoms with Gasteiger partial charge in [0.15, 0.2) is 11.5 Å². The fraction of sp³-hybridized carbons (Fsp3) is 0.538. The van der Waals surface area contributed by atoms with Crippen molar-refractivity contribution in [1.29, 1.82) is 0 Å². The minimum Gasteiger partial charge on any atom is -0.493 e. The summed E-state index contributed by atoms with van der Waals surface area (Å²) in [4.78, 5) is 18.1. The number of ether oxygens (including phenoxy) is 2. The number of nitrogens with zero attached hydrogens (tertiary/aromatic N) is 2. The molecule has 1 aliphatic rings. The summed E-state index contributed by atoms with van der Waals surface area (Å²) in [7, 11) is 3.16. The highest BCUT2D eigenvalue weighted by molar-refractivity contribution is 5.82. The lowest BCUT2D eigenvalue weighted by molar-refractivity contribution is -0.135. The van der Waals surface area contributed by atoms with Crippen LogP contribution < -0.4 is 14.8 Å². The second kappa shape index (κ2) is 5.88. The maximum atomic E-state index is 12.0. The highest BCUT2D eigenvalue weighted by Gasteiger charge is 2.26. The minimum atomic E-state index is -0.148. The number of nitrogens with one attached hydrogen (secondary N) is 1. The molecular formula is C13H19N3O3. The van der Waals surface area contributed by atoms with Crippen molar-refractivity contribution in [2.45, 2.75) is 19.5 Å². The third kappa shape index (κ3) is 2.78. The number of piperazine rings is 1. The highest BCUT2D eigenvalue weighted by Crippen LogP contribution is 2.29. The van der Waals surface area contributed by atoms with E-state index in [4.69, 9.17) is 9.47 Å². The molecule has 1 aliphatic heterocycles. The molecule has 1 fully saturated rings. The van der Waals surface area contributed by atoms with Crippen molar-refractivity contribution in [1.82, 2.24) is 15.2 Å². The molecule has 1 saturated heterocycles. The molecule has 19 heavy (non-hydrogen) atoms. The fourth-order valence-electron chi connectivity index (χ4n) is 2.19. The molecule has 0 bridgehead atoms. The van der Waals surface area contributed by atoms with Crippen molar-refractivity contribution < 1.29 is 14.3 Å². The molecule has 2 rings (SSSR count).